The van der Waals surface area contributed by atoms with Crippen LogP contribution in [0.25, 0.3) is 0 Å². The van der Waals surface area contributed by atoms with E-state index in [4.69, 9.17) is 4.74 Å². The average Bonchev–Trinajstić information content (AvgIpc) is 2.88. The van der Waals surface area contributed by atoms with Crippen molar-refractivity contribution in [1.29, 1.82) is 0 Å². The standard InChI is InChI=1S/C18H14F5NO2/c19-5-6-26-14-3-1-11(2-4-14)9-24-10-12-7-13(20)8-15(18(21,22)23)16(12)17(24)25/h1-4,7-8H,5-6,9-10H2. The fourth-order valence-electron chi connectivity index (χ4n) is 2.90. The van der Waals surface area contributed by atoms with Crippen molar-refractivity contribution in [3.8, 4) is 5.75 Å². The topological polar surface area (TPSA) is 29.5 Å². The van der Waals surface area contributed by atoms with Crippen molar-refractivity contribution >= 4 is 5.91 Å². The van der Waals surface area contributed by atoms with Crippen LogP contribution in [0.5, 0.6) is 5.75 Å². The Bertz CT molecular complexity index is 818. The Morgan fingerprint density at radius 3 is 2.42 bits per heavy atom. The van der Waals surface area contributed by atoms with Crippen LogP contribution in [-0.2, 0) is 19.3 Å². The zero-order valence-electron chi connectivity index (χ0n) is 13.4. The van der Waals surface area contributed by atoms with Gasteiger partial charge in [0.15, 0.2) is 0 Å². The van der Waals surface area contributed by atoms with E-state index in [1.165, 1.54) is 4.90 Å². The van der Waals surface area contributed by atoms with Crippen LogP contribution >= 0.6 is 0 Å². The van der Waals surface area contributed by atoms with Gasteiger partial charge in [0, 0.05) is 13.1 Å². The fourth-order valence-corrected chi connectivity index (χ4v) is 2.90. The van der Waals surface area contributed by atoms with Crippen LogP contribution in [0.3, 0.4) is 0 Å². The summed E-state index contributed by atoms with van der Waals surface area (Å²) in [6.07, 6.45) is -4.81. The minimum Gasteiger partial charge on any atom is -0.491 e. The van der Waals surface area contributed by atoms with Crippen molar-refractivity contribution in [3.05, 3.63) is 64.5 Å². The average molecular weight is 371 g/mol. The summed E-state index contributed by atoms with van der Waals surface area (Å²) in [6, 6.07) is 7.73. The summed E-state index contributed by atoms with van der Waals surface area (Å²) in [4.78, 5) is 13.6. The summed E-state index contributed by atoms with van der Waals surface area (Å²) in [6.45, 7) is -0.740. The number of rotatable bonds is 5. The number of alkyl halides is 4. The number of amides is 1. The molecule has 1 aliphatic heterocycles. The second-order valence-electron chi connectivity index (χ2n) is 5.83. The van der Waals surface area contributed by atoms with E-state index in [1.54, 1.807) is 24.3 Å². The predicted molar refractivity (Wildman–Crippen MR) is 82.9 cm³/mol. The van der Waals surface area contributed by atoms with Gasteiger partial charge in [0.05, 0.1) is 11.1 Å². The van der Waals surface area contributed by atoms with Gasteiger partial charge in [-0.15, -0.1) is 0 Å². The first-order chi connectivity index (χ1) is 12.3. The maximum absolute atomic E-state index is 13.5. The van der Waals surface area contributed by atoms with E-state index in [0.717, 1.165) is 6.07 Å². The number of halogens is 5. The van der Waals surface area contributed by atoms with Crippen LogP contribution < -0.4 is 4.74 Å². The lowest BCUT2D eigenvalue weighted by Crippen LogP contribution is -2.24. The molecule has 8 heteroatoms. The van der Waals surface area contributed by atoms with Gasteiger partial charge in [0.1, 0.15) is 24.8 Å². The number of fused-ring (bicyclic) bond motifs is 1. The van der Waals surface area contributed by atoms with Gasteiger partial charge in [0.25, 0.3) is 5.91 Å². The number of carbonyl (C=O) groups excluding carboxylic acids is 1. The van der Waals surface area contributed by atoms with Gasteiger partial charge >= 0.3 is 6.18 Å². The molecule has 1 amide bonds. The molecule has 3 rings (SSSR count). The lowest BCUT2D eigenvalue weighted by Gasteiger charge is -2.16. The molecule has 0 bridgehead atoms. The molecule has 0 aliphatic carbocycles. The fraction of sp³-hybridized carbons (Fsp3) is 0.278. The van der Waals surface area contributed by atoms with E-state index >= 15 is 0 Å². The molecule has 2 aromatic carbocycles. The van der Waals surface area contributed by atoms with Crippen molar-refractivity contribution in [1.82, 2.24) is 4.90 Å². The molecule has 2 aromatic rings. The van der Waals surface area contributed by atoms with Crippen LogP contribution in [0.2, 0.25) is 0 Å². The molecule has 0 spiro atoms. The molecular weight excluding hydrogens is 357 g/mol. The zero-order chi connectivity index (χ0) is 18.9. The van der Waals surface area contributed by atoms with Gasteiger partial charge in [-0.1, -0.05) is 12.1 Å². The van der Waals surface area contributed by atoms with E-state index in [0.29, 0.717) is 17.4 Å². The highest BCUT2D eigenvalue weighted by Gasteiger charge is 2.41. The molecule has 0 radical (unpaired) electrons. The van der Waals surface area contributed by atoms with Gasteiger partial charge < -0.3 is 9.64 Å². The third-order valence-electron chi connectivity index (χ3n) is 4.00. The third kappa shape index (κ3) is 3.63. The second-order valence-corrected chi connectivity index (χ2v) is 5.83. The first kappa shape index (κ1) is 18.2. The van der Waals surface area contributed by atoms with Crippen molar-refractivity contribution in [2.75, 3.05) is 13.3 Å². The number of hydrogen-bond donors (Lipinski definition) is 0. The largest absolute Gasteiger partial charge is 0.491 e. The zero-order valence-corrected chi connectivity index (χ0v) is 13.4. The summed E-state index contributed by atoms with van der Waals surface area (Å²) < 4.78 is 70.0. The highest BCUT2D eigenvalue weighted by atomic mass is 19.4. The minimum atomic E-state index is -4.81. The van der Waals surface area contributed by atoms with E-state index in [1.807, 2.05) is 0 Å². The van der Waals surface area contributed by atoms with Crippen LogP contribution in [0, 0.1) is 5.82 Å². The first-order valence-corrected chi connectivity index (χ1v) is 7.76. The second kappa shape index (κ2) is 6.93. The van der Waals surface area contributed by atoms with Gasteiger partial charge in [-0.2, -0.15) is 13.2 Å². The molecule has 1 aliphatic rings. The van der Waals surface area contributed by atoms with Gasteiger partial charge in [0.2, 0.25) is 0 Å². The Balaban J connectivity index is 1.80. The molecule has 3 nitrogen and oxygen atoms in total. The lowest BCUT2D eigenvalue weighted by molar-refractivity contribution is -0.138. The van der Waals surface area contributed by atoms with E-state index in [-0.39, 0.29) is 25.3 Å². The van der Waals surface area contributed by atoms with Gasteiger partial charge in [-0.05, 0) is 35.4 Å². The summed E-state index contributed by atoms with van der Waals surface area (Å²) in [5, 5.41) is 0. The SMILES string of the molecule is O=C1c2c(cc(F)cc2C(F)(F)F)CN1Cc1ccc(OCCF)cc1. The summed E-state index contributed by atoms with van der Waals surface area (Å²) in [7, 11) is 0. The maximum atomic E-state index is 13.5. The summed E-state index contributed by atoms with van der Waals surface area (Å²) >= 11 is 0. The molecule has 0 unspecified atom stereocenters. The van der Waals surface area contributed by atoms with Crippen molar-refractivity contribution < 1.29 is 31.5 Å². The minimum absolute atomic E-state index is 0.0187. The highest BCUT2D eigenvalue weighted by molar-refractivity contribution is 6.00. The Hall–Kier alpha value is -2.64. The van der Waals surface area contributed by atoms with E-state index < -0.39 is 35.7 Å². The molecule has 0 saturated carbocycles. The smallest absolute Gasteiger partial charge is 0.417 e. The monoisotopic (exact) mass is 371 g/mol. The molecule has 0 saturated heterocycles. The number of nitrogens with zero attached hydrogens (tertiary/aromatic N) is 1. The number of benzene rings is 2. The Labute approximate surface area is 146 Å². The Kier molecular flexibility index (Phi) is 4.84. The lowest BCUT2D eigenvalue weighted by atomic mass is 10.0. The maximum Gasteiger partial charge on any atom is 0.417 e. The predicted octanol–water partition coefficient (Wildman–Crippen LogP) is 4.35. The number of hydrogen-bond acceptors (Lipinski definition) is 2. The molecule has 138 valence electrons. The summed E-state index contributed by atoms with van der Waals surface area (Å²) in [5.74, 6) is -1.37. The normalized spacial score (nSPS) is 13.9. The van der Waals surface area contributed by atoms with Crippen LogP contribution in [0.1, 0.15) is 27.0 Å². The third-order valence-corrected chi connectivity index (χ3v) is 4.00. The molecule has 26 heavy (non-hydrogen) atoms. The molecule has 0 N–H and O–H groups in total. The van der Waals surface area contributed by atoms with Gasteiger partial charge in [-0.25, -0.2) is 8.78 Å². The Morgan fingerprint density at radius 2 is 1.81 bits per heavy atom. The van der Waals surface area contributed by atoms with Crippen molar-refractivity contribution in [3.63, 3.8) is 0 Å². The van der Waals surface area contributed by atoms with Crippen LogP contribution in [0.4, 0.5) is 22.0 Å². The number of carbonyl (C=O) groups is 1. The molecular formula is C18H14F5NO2. The van der Waals surface area contributed by atoms with Crippen LogP contribution in [0.15, 0.2) is 36.4 Å². The van der Waals surface area contributed by atoms with Crippen molar-refractivity contribution in [2.45, 2.75) is 19.3 Å². The molecule has 0 atom stereocenters. The van der Waals surface area contributed by atoms with E-state index in [9.17, 15) is 26.7 Å². The molecule has 0 aromatic heterocycles. The summed E-state index contributed by atoms with van der Waals surface area (Å²) in [5.41, 5.74) is -1.07. The first-order valence-electron chi connectivity index (χ1n) is 7.76. The van der Waals surface area contributed by atoms with Gasteiger partial charge in [-0.3, -0.25) is 4.79 Å². The number of ether oxygens (including phenoxy) is 1. The highest BCUT2D eigenvalue weighted by Crippen LogP contribution is 2.38. The quantitative estimate of drug-likeness (QED) is 0.732. The Morgan fingerprint density at radius 1 is 1.12 bits per heavy atom. The van der Waals surface area contributed by atoms with E-state index in [2.05, 4.69) is 0 Å². The van der Waals surface area contributed by atoms with Crippen LogP contribution in [-0.4, -0.2) is 24.1 Å². The molecule has 1 heterocycles. The van der Waals surface area contributed by atoms with Crippen molar-refractivity contribution in [2.24, 2.45) is 0 Å². The molecule has 0 fully saturated rings.